The zero-order valence-electron chi connectivity index (χ0n) is 12.0. The predicted molar refractivity (Wildman–Crippen MR) is 75.2 cm³/mol. The first-order valence-electron chi connectivity index (χ1n) is 6.97. The van der Waals surface area contributed by atoms with Gasteiger partial charge in [0, 0.05) is 11.6 Å². The molecule has 1 N–H and O–H groups in total. The first kappa shape index (κ1) is 16.1. The number of hydrogen-bond donors (Lipinski definition) is 1. The molecule has 0 bridgehead atoms. The van der Waals surface area contributed by atoms with Crippen molar-refractivity contribution in [2.24, 2.45) is 0 Å². The number of rotatable bonds is 8. The van der Waals surface area contributed by atoms with Crippen molar-refractivity contribution in [3.05, 3.63) is 35.4 Å². The van der Waals surface area contributed by atoms with E-state index in [2.05, 4.69) is 24.1 Å². The summed E-state index contributed by atoms with van der Waals surface area (Å²) in [5, 5.41) is 3.07. The van der Waals surface area contributed by atoms with Gasteiger partial charge in [-0.05, 0) is 45.6 Å². The van der Waals surface area contributed by atoms with Gasteiger partial charge in [0.2, 0.25) is 0 Å². The van der Waals surface area contributed by atoms with E-state index in [4.69, 9.17) is 0 Å². The standard InChI is InChI=1S/C15H24F2N2/c1-4-10-19(5-2)11-9-14(18-3)12-7-6-8-13(16)15(12)17/h6-8,14,18H,4-5,9-11H2,1-3H3. The van der Waals surface area contributed by atoms with Crippen molar-refractivity contribution in [1.29, 1.82) is 0 Å². The third-order valence-electron chi connectivity index (χ3n) is 3.43. The number of benzene rings is 1. The molecule has 1 atom stereocenters. The van der Waals surface area contributed by atoms with E-state index in [1.54, 1.807) is 19.2 Å². The molecule has 0 aliphatic heterocycles. The van der Waals surface area contributed by atoms with E-state index in [-0.39, 0.29) is 6.04 Å². The fraction of sp³-hybridized carbons (Fsp3) is 0.600. The minimum atomic E-state index is -0.779. The Balaban J connectivity index is 2.70. The quantitative estimate of drug-likeness (QED) is 0.779. The lowest BCUT2D eigenvalue weighted by atomic mass is 10.0. The summed E-state index contributed by atoms with van der Waals surface area (Å²) in [6.45, 7) is 7.16. The molecule has 0 fully saturated rings. The summed E-state index contributed by atoms with van der Waals surface area (Å²) >= 11 is 0. The highest BCUT2D eigenvalue weighted by Gasteiger charge is 2.17. The lowest BCUT2D eigenvalue weighted by Crippen LogP contribution is -2.29. The Bertz CT molecular complexity index is 382. The smallest absolute Gasteiger partial charge is 0.163 e. The normalized spacial score (nSPS) is 12.9. The SMILES string of the molecule is CCCN(CC)CCC(NC)c1cccc(F)c1F. The molecule has 1 unspecified atom stereocenters. The average molecular weight is 270 g/mol. The van der Waals surface area contributed by atoms with Gasteiger partial charge in [-0.25, -0.2) is 8.78 Å². The molecule has 1 aromatic rings. The van der Waals surface area contributed by atoms with Crippen molar-refractivity contribution >= 4 is 0 Å². The fourth-order valence-corrected chi connectivity index (χ4v) is 2.30. The lowest BCUT2D eigenvalue weighted by molar-refractivity contribution is 0.270. The molecule has 0 saturated heterocycles. The van der Waals surface area contributed by atoms with E-state index < -0.39 is 11.6 Å². The van der Waals surface area contributed by atoms with Crippen molar-refractivity contribution in [2.75, 3.05) is 26.7 Å². The van der Waals surface area contributed by atoms with E-state index >= 15 is 0 Å². The van der Waals surface area contributed by atoms with Gasteiger partial charge in [0.05, 0.1) is 0 Å². The summed E-state index contributed by atoms with van der Waals surface area (Å²) in [6, 6.07) is 4.21. The number of hydrogen-bond acceptors (Lipinski definition) is 2. The molecule has 0 radical (unpaired) electrons. The molecule has 0 aliphatic rings. The fourth-order valence-electron chi connectivity index (χ4n) is 2.30. The molecular formula is C15H24F2N2. The van der Waals surface area contributed by atoms with E-state index in [1.165, 1.54) is 0 Å². The van der Waals surface area contributed by atoms with Gasteiger partial charge in [0.25, 0.3) is 0 Å². The van der Waals surface area contributed by atoms with Crippen LogP contribution < -0.4 is 5.32 Å². The Morgan fingerprint density at radius 1 is 1.21 bits per heavy atom. The van der Waals surface area contributed by atoms with Crippen LogP contribution in [-0.4, -0.2) is 31.6 Å². The molecule has 108 valence electrons. The van der Waals surface area contributed by atoms with Crippen molar-refractivity contribution in [2.45, 2.75) is 32.7 Å². The van der Waals surface area contributed by atoms with Gasteiger partial charge in [-0.15, -0.1) is 0 Å². The van der Waals surface area contributed by atoms with Crippen molar-refractivity contribution in [3.63, 3.8) is 0 Å². The Kier molecular flexibility index (Phi) is 6.95. The van der Waals surface area contributed by atoms with Crippen LogP contribution in [0.1, 0.15) is 38.3 Å². The summed E-state index contributed by atoms with van der Waals surface area (Å²) in [4.78, 5) is 2.32. The van der Waals surface area contributed by atoms with E-state index in [0.717, 1.165) is 38.5 Å². The molecule has 0 aliphatic carbocycles. The summed E-state index contributed by atoms with van der Waals surface area (Å²) in [5.74, 6) is -1.51. The van der Waals surface area contributed by atoms with Gasteiger partial charge in [0.1, 0.15) is 0 Å². The van der Waals surface area contributed by atoms with Crippen LogP contribution in [0.4, 0.5) is 8.78 Å². The minimum absolute atomic E-state index is 0.151. The molecule has 0 amide bonds. The second-order valence-corrected chi connectivity index (χ2v) is 4.71. The van der Waals surface area contributed by atoms with Gasteiger partial charge < -0.3 is 10.2 Å². The number of nitrogens with zero attached hydrogens (tertiary/aromatic N) is 1. The van der Waals surface area contributed by atoms with Crippen LogP contribution in [0.2, 0.25) is 0 Å². The molecule has 4 heteroatoms. The summed E-state index contributed by atoms with van der Waals surface area (Å²) in [6.07, 6.45) is 1.87. The molecule has 1 rings (SSSR count). The molecular weight excluding hydrogens is 246 g/mol. The Morgan fingerprint density at radius 3 is 2.53 bits per heavy atom. The van der Waals surface area contributed by atoms with Gasteiger partial charge in [-0.1, -0.05) is 26.0 Å². The van der Waals surface area contributed by atoms with Crippen LogP contribution >= 0.6 is 0 Å². The van der Waals surface area contributed by atoms with Crippen LogP contribution in [0.5, 0.6) is 0 Å². The summed E-state index contributed by atoms with van der Waals surface area (Å²) in [5.41, 5.74) is 0.412. The topological polar surface area (TPSA) is 15.3 Å². The van der Waals surface area contributed by atoms with E-state index in [1.807, 2.05) is 0 Å². The average Bonchev–Trinajstić information content (AvgIpc) is 2.42. The van der Waals surface area contributed by atoms with Gasteiger partial charge in [0.15, 0.2) is 11.6 Å². The second-order valence-electron chi connectivity index (χ2n) is 4.71. The third kappa shape index (κ3) is 4.55. The van der Waals surface area contributed by atoms with Crippen molar-refractivity contribution in [3.8, 4) is 0 Å². The van der Waals surface area contributed by atoms with Crippen LogP contribution in [0, 0.1) is 11.6 Å². The molecule has 0 saturated carbocycles. The summed E-state index contributed by atoms with van der Waals surface area (Å²) in [7, 11) is 1.78. The summed E-state index contributed by atoms with van der Waals surface area (Å²) < 4.78 is 27.0. The highest BCUT2D eigenvalue weighted by Crippen LogP contribution is 2.22. The van der Waals surface area contributed by atoms with Gasteiger partial charge >= 0.3 is 0 Å². The molecule has 0 spiro atoms. The van der Waals surface area contributed by atoms with Crippen LogP contribution in [-0.2, 0) is 0 Å². The molecule has 2 nitrogen and oxygen atoms in total. The second kappa shape index (κ2) is 8.23. The predicted octanol–water partition coefficient (Wildman–Crippen LogP) is 3.35. The first-order valence-corrected chi connectivity index (χ1v) is 6.97. The minimum Gasteiger partial charge on any atom is -0.313 e. The van der Waals surface area contributed by atoms with Crippen LogP contribution in [0.3, 0.4) is 0 Å². The number of halogens is 2. The largest absolute Gasteiger partial charge is 0.313 e. The first-order chi connectivity index (χ1) is 9.13. The van der Waals surface area contributed by atoms with E-state index in [0.29, 0.717) is 5.56 Å². The van der Waals surface area contributed by atoms with Crippen molar-refractivity contribution < 1.29 is 8.78 Å². The molecule has 1 aromatic carbocycles. The Labute approximate surface area is 114 Å². The monoisotopic (exact) mass is 270 g/mol. The highest BCUT2D eigenvalue weighted by molar-refractivity contribution is 5.22. The molecule has 0 heterocycles. The zero-order valence-corrected chi connectivity index (χ0v) is 12.0. The van der Waals surface area contributed by atoms with Crippen LogP contribution in [0.15, 0.2) is 18.2 Å². The maximum Gasteiger partial charge on any atom is 0.163 e. The van der Waals surface area contributed by atoms with Gasteiger partial charge in [-0.2, -0.15) is 0 Å². The molecule has 19 heavy (non-hydrogen) atoms. The Morgan fingerprint density at radius 2 is 1.95 bits per heavy atom. The lowest BCUT2D eigenvalue weighted by Gasteiger charge is -2.24. The maximum absolute atomic E-state index is 13.8. The van der Waals surface area contributed by atoms with E-state index in [9.17, 15) is 8.78 Å². The van der Waals surface area contributed by atoms with Gasteiger partial charge in [-0.3, -0.25) is 0 Å². The highest BCUT2D eigenvalue weighted by atomic mass is 19.2. The maximum atomic E-state index is 13.8. The zero-order chi connectivity index (χ0) is 14.3. The Hall–Kier alpha value is -1.00. The number of nitrogens with one attached hydrogen (secondary N) is 1. The third-order valence-corrected chi connectivity index (χ3v) is 3.43. The van der Waals surface area contributed by atoms with Crippen LogP contribution in [0.25, 0.3) is 0 Å². The van der Waals surface area contributed by atoms with Crippen molar-refractivity contribution in [1.82, 2.24) is 10.2 Å². The molecule has 0 aromatic heterocycles.